The third kappa shape index (κ3) is 3.84. The minimum atomic E-state index is -1.23. The van der Waals surface area contributed by atoms with Gasteiger partial charge in [-0.3, -0.25) is 4.57 Å². The molecule has 3 aromatic rings. The minimum Gasteiger partial charge on any atom is -0.595 e. The van der Waals surface area contributed by atoms with Gasteiger partial charge in [0.1, 0.15) is 35.2 Å². The molecule has 1 aliphatic rings. The van der Waals surface area contributed by atoms with Crippen LogP contribution in [0.5, 0.6) is 0 Å². The number of nitrogens with zero attached hydrogens (tertiary/aromatic N) is 4. The van der Waals surface area contributed by atoms with Crippen LogP contribution in [0.2, 0.25) is 0 Å². The van der Waals surface area contributed by atoms with Gasteiger partial charge in [0.05, 0.1) is 12.9 Å². The van der Waals surface area contributed by atoms with Gasteiger partial charge in [-0.25, -0.2) is 20.2 Å². The summed E-state index contributed by atoms with van der Waals surface area (Å²) in [6.07, 6.45) is -1.45. The summed E-state index contributed by atoms with van der Waals surface area (Å²) >= 11 is 1.41. The van der Waals surface area contributed by atoms with E-state index in [-0.39, 0.29) is 5.69 Å². The van der Waals surface area contributed by atoms with Crippen LogP contribution < -0.4 is 5.23 Å². The normalized spacial score (nSPS) is 25.6. The second-order valence-corrected chi connectivity index (χ2v) is 7.49. The number of quaternary nitrogens is 1. The second kappa shape index (κ2) is 8.30. The number of benzene rings is 1. The molecule has 5 N–H and O–H groups in total. The summed E-state index contributed by atoms with van der Waals surface area (Å²) in [6, 6.07) is 6.58. The van der Waals surface area contributed by atoms with Crippen molar-refractivity contribution in [2.75, 3.05) is 6.61 Å². The highest BCUT2D eigenvalue weighted by atomic mass is 32.2. The zero-order valence-electron chi connectivity index (χ0n) is 15.0. The highest BCUT2D eigenvalue weighted by molar-refractivity contribution is 7.98. The molecule has 4 rings (SSSR count). The molecule has 2 aromatic heterocycles. The SMILES string of the molecule is [O-][NH+](O)c1ccc(CSc2ncnc3c2ncn3[C@@H]2O[C@H](CO)[C@@H](O)[C@H]2O)cc1. The van der Waals surface area contributed by atoms with Crippen molar-refractivity contribution >= 4 is 28.6 Å². The molecule has 154 valence electrons. The Labute approximate surface area is 168 Å². The monoisotopic (exact) mass is 421 g/mol. The number of hydrogen-bond acceptors (Lipinski definition) is 10. The Kier molecular flexibility index (Phi) is 5.76. The third-order valence-corrected chi connectivity index (χ3v) is 5.74. The van der Waals surface area contributed by atoms with Gasteiger partial charge in [-0.15, -0.1) is 0 Å². The number of hydrogen-bond donors (Lipinski definition) is 5. The van der Waals surface area contributed by atoms with E-state index >= 15 is 0 Å². The minimum absolute atomic E-state index is 0.223. The molecule has 0 radical (unpaired) electrons. The Hall–Kier alpha value is -2.16. The summed E-state index contributed by atoms with van der Waals surface area (Å²) in [5.41, 5.74) is 2.09. The number of thioether (sulfide) groups is 1. The molecule has 1 saturated heterocycles. The van der Waals surface area contributed by atoms with Crippen molar-refractivity contribution in [3.05, 3.63) is 47.7 Å². The molecule has 5 atom stereocenters. The lowest BCUT2D eigenvalue weighted by Gasteiger charge is -2.16. The fraction of sp³-hybridized carbons (Fsp3) is 0.353. The van der Waals surface area contributed by atoms with Gasteiger partial charge in [-0.1, -0.05) is 23.9 Å². The fourth-order valence-corrected chi connectivity index (χ4v) is 4.03. The van der Waals surface area contributed by atoms with Crippen LogP contribution in [0.1, 0.15) is 11.8 Å². The van der Waals surface area contributed by atoms with E-state index in [1.807, 2.05) is 0 Å². The molecule has 0 amide bonds. The number of aromatic nitrogens is 4. The summed E-state index contributed by atoms with van der Waals surface area (Å²) in [4.78, 5) is 12.8. The first-order valence-electron chi connectivity index (χ1n) is 8.74. The van der Waals surface area contributed by atoms with Gasteiger partial charge in [-0.2, -0.15) is 5.23 Å². The first-order chi connectivity index (χ1) is 14.0. The number of aliphatic hydroxyl groups excluding tert-OH is 3. The summed E-state index contributed by atoms with van der Waals surface area (Å²) < 4.78 is 7.05. The van der Waals surface area contributed by atoms with Gasteiger partial charge in [-0.05, 0) is 5.56 Å². The summed E-state index contributed by atoms with van der Waals surface area (Å²) in [7, 11) is 0. The number of ether oxygens (including phenoxy) is 1. The molecule has 11 nitrogen and oxygen atoms in total. The van der Waals surface area contributed by atoms with Crippen LogP contribution in [-0.2, 0) is 10.5 Å². The first-order valence-corrected chi connectivity index (χ1v) is 9.73. The van der Waals surface area contributed by atoms with Crippen molar-refractivity contribution in [3.8, 4) is 0 Å². The molecule has 0 bridgehead atoms. The molecule has 3 heterocycles. The smallest absolute Gasteiger partial charge is 0.166 e. The molecule has 1 aliphatic heterocycles. The predicted octanol–water partition coefficient (Wildman–Crippen LogP) is -0.867. The van der Waals surface area contributed by atoms with Crippen LogP contribution >= 0.6 is 11.8 Å². The van der Waals surface area contributed by atoms with Gasteiger partial charge < -0.3 is 25.3 Å². The van der Waals surface area contributed by atoms with Crippen LogP contribution in [0.4, 0.5) is 5.69 Å². The first kappa shape index (κ1) is 20.1. The van der Waals surface area contributed by atoms with E-state index in [0.717, 1.165) is 5.56 Å². The standard InChI is InChI=1S/C17H19N5O6S/c23-5-11-13(24)14(25)17(28-11)21-8-20-12-15(21)18-7-19-16(12)29-6-9-1-3-10(4-2-9)22(26)27/h1-4,7-8,11,13-14,17,22-26H,5-6H2/t11-,13-,14-,17-/m1/s1. The van der Waals surface area contributed by atoms with Gasteiger partial charge in [0.2, 0.25) is 0 Å². The van der Waals surface area contributed by atoms with Crippen LogP contribution in [-0.4, -0.2) is 65.0 Å². The molecular formula is C17H19N5O6S. The van der Waals surface area contributed by atoms with E-state index in [4.69, 9.17) is 9.94 Å². The van der Waals surface area contributed by atoms with E-state index in [2.05, 4.69) is 15.0 Å². The maximum atomic E-state index is 10.9. The Morgan fingerprint density at radius 2 is 1.90 bits per heavy atom. The van der Waals surface area contributed by atoms with E-state index in [0.29, 0.717) is 21.9 Å². The van der Waals surface area contributed by atoms with Gasteiger partial charge in [0.15, 0.2) is 17.6 Å². The Morgan fingerprint density at radius 1 is 1.14 bits per heavy atom. The Morgan fingerprint density at radius 3 is 2.55 bits per heavy atom. The fourth-order valence-electron chi connectivity index (χ4n) is 3.13. The molecule has 1 unspecified atom stereocenters. The van der Waals surface area contributed by atoms with Crippen LogP contribution in [0.25, 0.3) is 11.2 Å². The van der Waals surface area contributed by atoms with E-state index in [1.54, 1.807) is 24.3 Å². The van der Waals surface area contributed by atoms with Crippen LogP contribution in [0.15, 0.2) is 41.9 Å². The zero-order chi connectivity index (χ0) is 20.5. The van der Waals surface area contributed by atoms with Crippen LogP contribution in [0.3, 0.4) is 0 Å². The highest BCUT2D eigenvalue weighted by Gasteiger charge is 2.44. The lowest BCUT2D eigenvalue weighted by molar-refractivity contribution is -0.991. The number of rotatable bonds is 6. The van der Waals surface area contributed by atoms with E-state index in [1.165, 1.54) is 29.0 Å². The maximum Gasteiger partial charge on any atom is 0.166 e. The number of imidazole rings is 1. The molecule has 29 heavy (non-hydrogen) atoms. The topological polar surface area (TPSA) is 161 Å². The largest absolute Gasteiger partial charge is 0.595 e. The van der Waals surface area contributed by atoms with Gasteiger partial charge in [0.25, 0.3) is 0 Å². The van der Waals surface area contributed by atoms with Crippen molar-refractivity contribution in [2.45, 2.75) is 35.3 Å². The second-order valence-electron chi connectivity index (χ2n) is 6.52. The average Bonchev–Trinajstić information content (AvgIpc) is 3.28. The molecular weight excluding hydrogens is 402 g/mol. The predicted molar refractivity (Wildman–Crippen MR) is 100 cm³/mol. The van der Waals surface area contributed by atoms with Crippen molar-refractivity contribution < 1.29 is 30.5 Å². The highest BCUT2D eigenvalue weighted by Crippen LogP contribution is 2.33. The molecule has 1 aromatic carbocycles. The van der Waals surface area contributed by atoms with Crippen LogP contribution in [0, 0.1) is 5.21 Å². The van der Waals surface area contributed by atoms with Crippen molar-refractivity contribution in [2.24, 2.45) is 0 Å². The van der Waals surface area contributed by atoms with E-state index < -0.39 is 36.4 Å². The quantitative estimate of drug-likeness (QED) is 0.192. The van der Waals surface area contributed by atoms with Gasteiger partial charge in [0, 0.05) is 17.9 Å². The lowest BCUT2D eigenvalue weighted by Crippen LogP contribution is -2.99. The Bertz CT molecular complexity index is 984. The molecule has 0 saturated carbocycles. The summed E-state index contributed by atoms with van der Waals surface area (Å²) in [5.74, 6) is 0.548. The third-order valence-electron chi connectivity index (χ3n) is 4.69. The zero-order valence-corrected chi connectivity index (χ0v) is 15.8. The molecule has 0 spiro atoms. The molecule has 0 aliphatic carbocycles. The lowest BCUT2D eigenvalue weighted by atomic mass is 10.1. The van der Waals surface area contributed by atoms with E-state index in [9.17, 15) is 20.5 Å². The average molecular weight is 421 g/mol. The number of aliphatic hydroxyl groups is 3. The van der Waals surface area contributed by atoms with Crippen molar-refractivity contribution in [1.29, 1.82) is 0 Å². The van der Waals surface area contributed by atoms with Crippen molar-refractivity contribution in [3.63, 3.8) is 0 Å². The summed E-state index contributed by atoms with van der Waals surface area (Å²) in [5, 5.41) is 49.0. The molecule has 12 heteroatoms. The Balaban J connectivity index is 1.55. The van der Waals surface area contributed by atoms with Gasteiger partial charge >= 0.3 is 0 Å². The maximum absolute atomic E-state index is 10.9. The number of nitrogens with one attached hydrogen (secondary N) is 1. The number of fused-ring (bicyclic) bond motifs is 1. The molecule has 1 fully saturated rings. The van der Waals surface area contributed by atoms with Crippen molar-refractivity contribution in [1.82, 2.24) is 19.5 Å². The summed E-state index contributed by atoms with van der Waals surface area (Å²) in [6.45, 7) is -0.419.